The van der Waals surface area contributed by atoms with Crippen LogP contribution in [0.3, 0.4) is 0 Å². The van der Waals surface area contributed by atoms with E-state index >= 15 is 0 Å². The molecule has 25 heavy (non-hydrogen) atoms. The highest BCUT2D eigenvalue weighted by molar-refractivity contribution is 8.00. The largest absolute Gasteiger partial charge is 0.462 e. The van der Waals surface area contributed by atoms with Crippen molar-refractivity contribution in [1.82, 2.24) is 0 Å². The number of hydrogen-bond acceptors (Lipinski definition) is 4. The van der Waals surface area contributed by atoms with E-state index in [0.29, 0.717) is 24.4 Å². The molecule has 0 radical (unpaired) electrons. The average Bonchev–Trinajstić information content (AvgIpc) is 2.60. The summed E-state index contributed by atoms with van der Waals surface area (Å²) in [6.07, 6.45) is 0. The van der Waals surface area contributed by atoms with Crippen LogP contribution < -0.4 is 4.90 Å². The minimum absolute atomic E-state index is 0.0390. The zero-order valence-electron chi connectivity index (χ0n) is 14.0. The molecule has 1 unspecified atom stereocenters. The molecular formula is C19H18FNO3S. The second kappa shape index (κ2) is 7.27. The second-order valence-electron chi connectivity index (χ2n) is 5.71. The molecule has 0 fully saturated rings. The van der Waals surface area contributed by atoms with Crippen LogP contribution in [0.15, 0.2) is 47.4 Å². The zero-order valence-corrected chi connectivity index (χ0v) is 14.8. The van der Waals surface area contributed by atoms with Gasteiger partial charge in [-0.1, -0.05) is 12.1 Å². The van der Waals surface area contributed by atoms with Crippen LogP contribution in [0.5, 0.6) is 0 Å². The average molecular weight is 359 g/mol. The highest BCUT2D eigenvalue weighted by atomic mass is 32.2. The molecule has 3 rings (SSSR count). The Hall–Kier alpha value is -2.34. The first-order valence-electron chi connectivity index (χ1n) is 8.03. The molecule has 2 aromatic carbocycles. The van der Waals surface area contributed by atoms with Gasteiger partial charge in [-0.05, 0) is 49.7 Å². The number of rotatable bonds is 4. The Morgan fingerprint density at radius 2 is 1.96 bits per heavy atom. The number of carbonyl (C=O) groups is 2. The van der Waals surface area contributed by atoms with Crippen molar-refractivity contribution >= 4 is 29.3 Å². The molecule has 1 aliphatic heterocycles. The number of esters is 1. The summed E-state index contributed by atoms with van der Waals surface area (Å²) in [6, 6.07) is 11.3. The smallest absolute Gasteiger partial charge is 0.338 e. The minimum atomic E-state index is -0.414. The van der Waals surface area contributed by atoms with Crippen molar-refractivity contribution in [3.05, 3.63) is 59.4 Å². The van der Waals surface area contributed by atoms with Gasteiger partial charge in [0.05, 0.1) is 29.7 Å². The normalized spacial score (nSPS) is 16.5. The summed E-state index contributed by atoms with van der Waals surface area (Å²) >= 11 is 1.47. The number of hydrogen-bond donors (Lipinski definition) is 0. The lowest BCUT2D eigenvalue weighted by atomic mass is 10.1. The Morgan fingerprint density at radius 3 is 2.64 bits per heavy atom. The van der Waals surface area contributed by atoms with Gasteiger partial charge < -0.3 is 9.64 Å². The third kappa shape index (κ3) is 3.69. The van der Waals surface area contributed by atoms with Crippen LogP contribution in [0.1, 0.15) is 29.8 Å². The molecule has 0 saturated carbocycles. The third-order valence-corrected chi connectivity index (χ3v) is 5.09. The van der Waals surface area contributed by atoms with Crippen molar-refractivity contribution in [3.8, 4) is 0 Å². The minimum Gasteiger partial charge on any atom is -0.462 e. The molecule has 4 nitrogen and oxygen atoms in total. The Bertz CT molecular complexity index is 807. The van der Waals surface area contributed by atoms with Gasteiger partial charge in [-0.25, -0.2) is 9.18 Å². The van der Waals surface area contributed by atoms with Crippen LogP contribution in [-0.2, 0) is 16.1 Å². The van der Waals surface area contributed by atoms with Crippen LogP contribution in [0.2, 0.25) is 0 Å². The van der Waals surface area contributed by atoms with E-state index in [1.807, 2.05) is 13.0 Å². The SMILES string of the molecule is CCOC(=O)c1ccc2c(c1)N(Cc1ccc(F)cc1)C(=O)C(C)S2. The fourth-order valence-electron chi connectivity index (χ4n) is 2.68. The maximum atomic E-state index is 13.1. The lowest BCUT2D eigenvalue weighted by Crippen LogP contribution is -2.39. The fraction of sp³-hybridized carbons (Fsp3) is 0.263. The van der Waals surface area contributed by atoms with E-state index < -0.39 is 5.97 Å². The topological polar surface area (TPSA) is 46.6 Å². The highest BCUT2D eigenvalue weighted by Gasteiger charge is 2.31. The monoisotopic (exact) mass is 359 g/mol. The lowest BCUT2D eigenvalue weighted by Gasteiger charge is -2.32. The number of benzene rings is 2. The van der Waals surface area contributed by atoms with Crippen LogP contribution in [0.25, 0.3) is 0 Å². The molecule has 0 N–H and O–H groups in total. The van der Waals surface area contributed by atoms with Gasteiger partial charge in [-0.3, -0.25) is 4.79 Å². The number of anilines is 1. The van der Waals surface area contributed by atoms with Crippen molar-refractivity contribution in [2.24, 2.45) is 0 Å². The van der Waals surface area contributed by atoms with Gasteiger partial charge in [0.1, 0.15) is 5.82 Å². The van der Waals surface area contributed by atoms with E-state index in [4.69, 9.17) is 4.74 Å². The second-order valence-corrected chi connectivity index (χ2v) is 7.10. The van der Waals surface area contributed by atoms with Gasteiger partial charge in [-0.15, -0.1) is 11.8 Å². The summed E-state index contributed by atoms with van der Waals surface area (Å²) in [6.45, 7) is 4.22. The molecule has 1 amide bonds. The maximum absolute atomic E-state index is 13.1. The van der Waals surface area contributed by atoms with Crippen molar-refractivity contribution in [2.45, 2.75) is 30.5 Å². The number of halogens is 1. The summed E-state index contributed by atoms with van der Waals surface area (Å²) in [5.41, 5.74) is 1.91. The van der Waals surface area contributed by atoms with E-state index in [0.717, 1.165) is 10.5 Å². The summed E-state index contributed by atoms with van der Waals surface area (Å²) in [4.78, 5) is 27.3. The summed E-state index contributed by atoms with van der Waals surface area (Å²) in [5.74, 6) is -0.770. The molecule has 130 valence electrons. The predicted molar refractivity (Wildman–Crippen MR) is 95.3 cm³/mol. The maximum Gasteiger partial charge on any atom is 0.338 e. The quantitative estimate of drug-likeness (QED) is 0.773. The Labute approximate surface area is 150 Å². The third-order valence-electron chi connectivity index (χ3n) is 3.93. The molecule has 2 aromatic rings. The molecule has 0 spiro atoms. The number of thioether (sulfide) groups is 1. The van der Waals surface area contributed by atoms with Gasteiger partial charge in [-0.2, -0.15) is 0 Å². The van der Waals surface area contributed by atoms with Gasteiger partial charge >= 0.3 is 5.97 Å². The Balaban J connectivity index is 1.97. The van der Waals surface area contributed by atoms with Crippen molar-refractivity contribution < 1.29 is 18.7 Å². The molecule has 6 heteroatoms. The predicted octanol–water partition coefficient (Wildman–Crippen LogP) is 4.03. The van der Waals surface area contributed by atoms with Crippen molar-refractivity contribution in [2.75, 3.05) is 11.5 Å². The van der Waals surface area contributed by atoms with Crippen molar-refractivity contribution in [1.29, 1.82) is 0 Å². The highest BCUT2D eigenvalue weighted by Crippen LogP contribution is 2.40. The number of ether oxygens (including phenoxy) is 1. The van der Waals surface area contributed by atoms with Crippen LogP contribution >= 0.6 is 11.8 Å². The van der Waals surface area contributed by atoms with E-state index in [1.54, 1.807) is 36.1 Å². The molecule has 0 bridgehead atoms. The van der Waals surface area contributed by atoms with E-state index in [1.165, 1.54) is 23.9 Å². The van der Waals surface area contributed by atoms with E-state index in [-0.39, 0.29) is 17.0 Å². The van der Waals surface area contributed by atoms with Gasteiger partial charge in [0.2, 0.25) is 5.91 Å². The molecule has 0 aromatic heterocycles. The van der Waals surface area contributed by atoms with Crippen LogP contribution in [0, 0.1) is 5.82 Å². The first-order chi connectivity index (χ1) is 12.0. The first-order valence-corrected chi connectivity index (χ1v) is 8.91. The fourth-order valence-corrected chi connectivity index (χ4v) is 3.73. The molecule has 0 aliphatic carbocycles. The first kappa shape index (κ1) is 17.5. The molecular weight excluding hydrogens is 341 g/mol. The molecule has 1 atom stereocenters. The lowest BCUT2D eigenvalue weighted by molar-refractivity contribution is -0.118. The van der Waals surface area contributed by atoms with Gasteiger partial charge in [0, 0.05) is 4.90 Å². The summed E-state index contributed by atoms with van der Waals surface area (Å²) in [7, 11) is 0. The number of nitrogens with zero attached hydrogens (tertiary/aromatic N) is 1. The summed E-state index contributed by atoms with van der Waals surface area (Å²) in [5, 5.41) is -0.221. The number of amides is 1. The standard InChI is InChI=1S/C19H18FNO3S/c1-3-24-19(23)14-6-9-17-16(10-14)21(18(22)12(2)25-17)11-13-4-7-15(20)8-5-13/h4-10,12H,3,11H2,1-2H3. The van der Waals surface area contributed by atoms with Gasteiger partial charge in [0.15, 0.2) is 0 Å². The van der Waals surface area contributed by atoms with E-state index in [2.05, 4.69) is 0 Å². The molecule has 1 heterocycles. The van der Waals surface area contributed by atoms with Gasteiger partial charge in [0.25, 0.3) is 0 Å². The Morgan fingerprint density at radius 1 is 1.24 bits per heavy atom. The number of carbonyl (C=O) groups excluding carboxylic acids is 2. The Kier molecular flexibility index (Phi) is 5.08. The molecule has 0 saturated heterocycles. The zero-order chi connectivity index (χ0) is 18.0. The van der Waals surface area contributed by atoms with E-state index in [9.17, 15) is 14.0 Å². The van der Waals surface area contributed by atoms with Crippen molar-refractivity contribution in [3.63, 3.8) is 0 Å². The van der Waals surface area contributed by atoms with Crippen LogP contribution in [0.4, 0.5) is 10.1 Å². The summed E-state index contributed by atoms with van der Waals surface area (Å²) < 4.78 is 18.2. The molecule has 1 aliphatic rings. The van der Waals surface area contributed by atoms with Crippen LogP contribution in [-0.4, -0.2) is 23.7 Å². The number of fused-ring (bicyclic) bond motifs is 1.